The smallest absolute Gasteiger partial charge is 0.0416 e. The molecule has 1 saturated carbocycles. The van der Waals surface area contributed by atoms with Crippen molar-refractivity contribution in [1.82, 2.24) is 5.32 Å². The molecule has 0 bridgehead atoms. The Hall–Kier alpha value is -0.470. The van der Waals surface area contributed by atoms with Gasteiger partial charge in [-0.2, -0.15) is 11.8 Å². The van der Waals surface area contributed by atoms with Crippen LogP contribution in [-0.4, -0.2) is 17.5 Å². The lowest BCUT2D eigenvalue weighted by molar-refractivity contribution is 0.577. The normalized spacial score (nSPS) is 25.7. The molecule has 1 aromatic carbocycles. The van der Waals surface area contributed by atoms with E-state index in [4.69, 9.17) is 0 Å². The van der Waals surface area contributed by atoms with E-state index >= 15 is 0 Å². The molecule has 1 atom stereocenters. The molecule has 0 saturated heterocycles. The summed E-state index contributed by atoms with van der Waals surface area (Å²) >= 11 is 2.09. The van der Waals surface area contributed by atoms with E-state index < -0.39 is 0 Å². The molecule has 0 radical (unpaired) electrons. The van der Waals surface area contributed by atoms with Crippen LogP contribution in [0.3, 0.4) is 0 Å². The van der Waals surface area contributed by atoms with Crippen molar-refractivity contribution in [2.24, 2.45) is 0 Å². The first-order valence-corrected chi connectivity index (χ1v) is 7.00. The molecule has 0 spiro atoms. The number of hydrogen-bond donors (Lipinski definition) is 1. The predicted molar refractivity (Wildman–Crippen MR) is 66.4 cm³/mol. The maximum absolute atomic E-state index is 3.77. The van der Waals surface area contributed by atoms with Crippen LogP contribution in [0.5, 0.6) is 0 Å². The highest BCUT2D eigenvalue weighted by molar-refractivity contribution is 7.99. The van der Waals surface area contributed by atoms with Gasteiger partial charge >= 0.3 is 0 Å². The van der Waals surface area contributed by atoms with Crippen molar-refractivity contribution in [2.45, 2.75) is 31.3 Å². The lowest BCUT2D eigenvalue weighted by Gasteiger charge is -2.18. The third-order valence-electron chi connectivity index (χ3n) is 3.25. The first-order chi connectivity index (χ1) is 7.43. The fraction of sp³-hybridized carbons (Fsp3) is 0.538. The van der Waals surface area contributed by atoms with Crippen LogP contribution in [0.25, 0.3) is 0 Å². The Morgan fingerprint density at radius 1 is 1.20 bits per heavy atom. The third-order valence-corrected chi connectivity index (χ3v) is 4.31. The predicted octanol–water partition coefficient (Wildman–Crippen LogP) is 2.77. The Bertz CT molecular complexity index is 346. The summed E-state index contributed by atoms with van der Waals surface area (Å²) < 4.78 is 0. The van der Waals surface area contributed by atoms with Crippen molar-refractivity contribution in [1.29, 1.82) is 0 Å². The van der Waals surface area contributed by atoms with Crippen molar-refractivity contribution < 1.29 is 0 Å². The highest BCUT2D eigenvalue weighted by Gasteiger charge is 2.27. The summed E-state index contributed by atoms with van der Waals surface area (Å²) in [5.41, 5.74) is 3.11. The molecular formula is C13H17NS. The number of nitrogens with one attached hydrogen (secondary N) is 1. The van der Waals surface area contributed by atoms with Crippen LogP contribution in [0.4, 0.5) is 0 Å². The first kappa shape index (κ1) is 9.73. The average molecular weight is 219 g/mol. The molecule has 1 fully saturated rings. The number of hydrogen-bond acceptors (Lipinski definition) is 2. The molecular weight excluding hydrogens is 202 g/mol. The van der Waals surface area contributed by atoms with Crippen LogP contribution in [0.2, 0.25) is 0 Å². The van der Waals surface area contributed by atoms with Gasteiger partial charge in [0, 0.05) is 17.8 Å². The van der Waals surface area contributed by atoms with E-state index in [9.17, 15) is 0 Å². The summed E-state index contributed by atoms with van der Waals surface area (Å²) in [6.07, 6.45) is 4.00. The molecule has 15 heavy (non-hydrogen) atoms. The highest BCUT2D eigenvalue weighted by atomic mass is 32.2. The number of fused-ring (bicyclic) bond motifs is 1. The minimum absolute atomic E-state index is 0.598. The monoisotopic (exact) mass is 219 g/mol. The largest absolute Gasteiger partial charge is 0.306 e. The Labute approximate surface area is 95.6 Å². The Kier molecular flexibility index (Phi) is 2.72. The Balaban J connectivity index is 1.86. The first-order valence-electron chi connectivity index (χ1n) is 5.85. The van der Waals surface area contributed by atoms with Gasteiger partial charge in [0.05, 0.1) is 0 Å². The van der Waals surface area contributed by atoms with Gasteiger partial charge in [-0.1, -0.05) is 24.3 Å². The molecule has 1 heterocycles. The lowest BCUT2D eigenvalue weighted by atomic mass is 10.00. The Morgan fingerprint density at radius 2 is 2.07 bits per heavy atom. The quantitative estimate of drug-likeness (QED) is 0.821. The van der Waals surface area contributed by atoms with E-state index in [2.05, 4.69) is 41.3 Å². The van der Waals surface area contributed by atoms with Crippen LogP contribution < -0.4 is 5.32 Å². The van der Waals surface area contributed by atoms with Crippen molar-refractivity contribution in [3.8, 4) is 0 Å². The molecule has 80 valence electrons. The van der Waals surface area contributed by atoms with E-state index in [0.717, 1.165) is 6.04 Å². The molecule has 0 aromatic heterocycles. The number of rotatable bonds is 2. The van der Waals surface area contributed by atoms with Gasteiger partial charge in [0.2, 0.25) is 0 Å². The molecule has 1 aliphatic heterocycles. The van der Waals surface area contributed by atoms with Crippen molar-refractivity contribution in [2.75, 3.05) is 11.5 Å². The number of benzene rings is 1. The molecule has 0 amide bonds. The van der Waals surface area contributed by atoms with Crippen LogP contribution >= 0.6 is 11.8 Å². The molecule has 1 nitrogen and oxygen atoms in total. The van der Waals surface area contributed by atoms with Gasteiger partial charge < -0.3 is 5.32 Å². The second-order valence-electron chi connectivity index (χ2n) is 4.52. The van der Waals surface area contributed by atoms with Gasteiger partial charge in [0.15, 0.2) is 0 Å². The van der Waals surface area contributed by atoms with Gasteiger partial charge in [-0.3, -0.25) is 0 Å². The maximum atomic E-state index is 3.77. The summed E-state index contributed by atoms with van der Waals surface area (Å²) in [5.74, 6) is 2.52. The second kappa shape index (κ2) is 4.18. The summed E-state index contributed by atoms with van der Waals surface area (Å²) in [6, 6.07) is 10.4. The summed E-state index contributed by atoms with van der Waals surface area (Å²) in [4.78, 5) is 0. The van der Waals surface area contributed by atoms with E-state index in [1.807, 2.05) is 0 Å². The standard InChI is InChI=1S/C13H17NS/c1-2-4-12-10(3-1)7-8-15-9-13(12)14-11-5-6-11/h1-4,11,13-14H,5-9H2. The zero-order valence-electron chi connectivity index (χ0n) is 8.91. The molecule has 3 rings (SSSR count). The molecule has 1 unspecified atom stereocenters. The number of thioether (sulfide) groups is 1. The van der Waals surface area contributed by atoms with Crippen molar-refractivity contribution in [3.05, 3.63) is 35.4 Å². The van der Waals surface area contributed by atoms with Gasteiger partial charge in [-0.15, -0.1) is 0 Å². The van der Waals surface area contributed by atoms with Gasteiger partial charge in [0.25, 0.3) is 0 Å². The van der Waals surface area contributed by atoms with Crippen molar-refractivity contribution in [3.63, 3.8) is 0 Å². The summed E-state index contributed by atoms with van der Waals surface area (Å²) in [7, 11) is 0. The SMILES string of the molecule is c1ccc2c(c1)CCSCC2NC1CC1. The molecule has 1 aliphatic carbocycles. The third kappa shape index (κ3) is 2.21. The minimum Gasteiger partial charge on any atom is -0.306 e. The number of aryl methyl sites for hydroxylation is 1. The highest BCUT2D eigenvalue weighted by Crippen LogP contribution is 2.31. The van der Waals surface area contributed by atoms with Crippen LogP contribution in [0.15, 0.2) is 24.3 Å². The minimum atomic E-state index is 0.598. The average Bonchev–Trinajstić information content (AvgIpc) is 3.07. The topological polar surface area (TPSA) is 12.0 Å². The Morgan fingerprint density at radius 3 is 2.93 bits per heavy atom. The van der Waals surface area contributed by atoms with Gasteiger partial charge in [-0.25, -0.2) is 0 Å². The second-order valence-corrected chi connectivity index (χ2v) is 5.67. The van der Waals surface area contributed by atoms with E-state index in [1.165, 1.54) is 30.8 Å². The van der Waals surface area contributed by atoms with E-state index in [-0.39, 0.29) is 0 Å². The fourth-order valence-electron chi connectivity index (χ4n) is 2.25. The van der Waals surface area contributed by atoms with Crippen LogP contribution in [0, 0.1) is 0 Å². The maximum Gasteiger partial charge on any atom is 0.0416 e. The lowest BCUT2D eigenvalue weighted by Crippen LogP contribution is -2.25. The molecule has 2 aliphatic rings. The van der Waals surface area contributed by atoms with Crippen LogP contribution in [0.1, 0.15) is 30.0 Å². The van der Waals surface area contributed by atoms with Crippen molar-refractivity contribution >= 4 is 11.8 Å². The summed E-state index contributed by atoms with van der Waals surface area (Å²) in [6.45, 7) is 0. The molecule has 1 aromatic rings. The zero-order chi connectivity index (χ0) is 10.1. The molecule has 2 heteroatoms. The van der Waals surface area contributed by atoms with Crippen LogP contribution in [-0.2, 0) is 6.42 Å². The molecule has 1 N–H and O–H groups in total. The zero-order valence-corrected chi connectivity index (χ0v) is 9.72. The van der Waals surface area contributed by atoms with Gasteiger partial charge in [-0.05, 0) is 36.1 Å². The van der Waals surface area contributed by atoms with E-state index in [1.54, 1.807) is 11.1 Å². The van der Waals surface area contributed by atoms with Gasteiger partial charge in [0.1, 0.15) is 0 Å². The van der Waals surface area contributed by atoms with E-state index in [0.29, 0.717) is 6.04 Å². The summed E-state index contributed by atoms with van der Waals surface area (Å²) in [5, 5.41) is 3.77. The fourth-order valence-corrected chi connectivity index (χ4v) is 3.29.